The van der Waals surface area contributed by atoms with E-state index < -0.39 is 52.6 Å². The number of carbonyl (C=O) groups excluding carboxylic acids is 4. The fourth-order valence-electron chi connectivity index (χ4n) is 1.58. The van der Waals surface area contributed by atoms with Crippen molar-refractivity contribution in [3.63, 3.8) is 0 Å². The SMILES string of the molecule is COC(=O)C(O)C(O)C(=O)OC(C(=O)C(C)(C)C)C(=O)C(C)(C)C. The average Bonchev–Trinajstić information content (AvgIpc) is 2.46. The van der Waals surface area contributed by atoms with E-state index in [1.165, 1.54) is 0 Å². The monoisotopic (exact) mass is 346 g/mol. The van der Waals surface area contributed by atoms with Gasteiger partial charge in [-0.05, 0) is 0 Å². The van der Waals surface area contributed by atoms with E-state index in [1.807, 2.05) is 0 Å². The Balaban J connectivity index is 5.49. The fourth-order valence-corrected chi connectivity index (χ4v) is 1.58. The molecule has 2 unspecified atom stereocenters. The van der Waals surface area contributed by atoms with Gasteiger partial charge in [-0.2, -0.15) is 0 Å². The predicted molar refractivity (Wildman–Crippen MR) is 82.8 cm³/mol. The Labute approximate surface area is 141 Å². The van der Waals surface area contributed by atoms with Crippen LogP contribution in [0.15, 0.2) is 0 Å². The predicted octanol–water partition coefficient (Wildman–Crippen LogP) is 0.0234. The lowest BCUT2D eigenvalue weighted by Gasteiger charge is -2.29. The van der Waals surface area contributed by atoms with E-state index in [9.17, 15) is 29.4 Å². The molecule has 0 heterocycles. The molecular formula is C16H26O8. The van der Waals surface area contributed by atoms with Crippen molar-refractivity contribution < 1.29 is 38.9 Å². The van der Waals surface area contributed by atoms with E-state index >= 15 is 0 Å². The van der Waals surface area contributed by atoms with Crippen LogP contribution in [0.2, 0.25) is 0 Å². The summed E-state index contributed by atoms with van der Waals surface area (Å²) in [4.78, 5) is 48.0. The van der Waals surface area contributed by atoms with Gasteiger partial charge in [-0.3, -0.25) is 9.59 Å². The third-order valence-electron chi connectivity index (χ3n) is 3.17. The summed E-state index contributed by atoms with van der Waals surface area (Å²) < 4.78 is 9.05. The minimum atomic E-state index is -2.28. The molecule has 24 heavy (non-hydrogen) atoms. The second kappa shape index (κ2) is 7.85. The molecule has 0 aromatic rings. The normalized spacial score (nSPS) is 14.8. The van der Waals surface area contributed by atoms with Crippen LogP contribution in [-0.4, -0.2) is 59.1 Å². The largest absolute Gasteiger partial charge is 0.467 e. The maximum atomic E-state index is 12.4. The summed E-state index contributed by atoms with van der Waals surface area (Å²) in [5.41, 5.74) is -1.98. The number of hydrogen-bond acceptors (Lipinski definition) is 8. The Bertz CT molecular complexity index is 483. The highest BCUT2D eigenvalue weighted by molar-refractivity contribution is 6.10. The number of ketones is 2. The van der Waals surface area contributed by atoms with Crippen LogP contribution >= 0.6 is 0 Å². The van der Waals surface area contributed by atoms with E-state index in [-0.39, 0.29) is 0 Å². The topological polar surface area (TPSA) is 127 Å². The Morgan fingerprint density at radius 3 is 1.38 bits per heavy atom. The average molecular weight is 346 g/mol. The highest BCUT2D eigenvalue weighted by Crippen LogP contribution is 2.25. The molecule has 0 rings (SSSR count). The first-order chi connectivity index (χ1) is 10.6. The fraction of sp³-hybridized carbons (Fsp3) is 0.750. The zero-order valence-corrected chi connectivity index (χ0v) is 15.1. The molecule has 0 aliphatic heterocycles. The summed E-state index contributed by atoms with van der Waals surface area (Å²) in [7, 11) is 0.957. The van der Waals surface area contributed by atoms with Crippen LogP contribution in [0.1, 0.15) is 41.5 Å². The van der Waals surface area contributed by atoms with Gasteiger partial charge in [0.15, 0.2) is 23.8 Å². The quantitative estimate of drug-likeness (QED) is 0.509. The van der Waals surface area contributed by atoms with E-state index in [0.717, 1.165) is 7.11 Å². The highest BCUT2D eigenvalue weighted by Gasteiger charge is 2.44. The lowest BCUT2D eigenvalue weighted by molar-refractivity contribution is -0.179. The van der Waals surface area contributed by atoms with E-state index in [2.05, 4.69) is 4.74 Å². The molecule has 2 atom stereocenters. The van der Waals surface area contributed by atoms with Crippen molar-refractivity contribution in [2.45, 2.75) is 59.9 Å². The van der Waals surface area contributed by atoms with Gasteiger partial charge in [-0.15, -0.1) is 0 Å². The molecule has 0 saturated carbocycles. The van der Waals surface area contributed by atoms with Crippen LogP contribution in [-0.2, 0) is 28.7 Å². The van der Waals surface area contributed by atoms with Crippen molar-refractivity contribution in [3.05, 3.63) is 0 Å². The first-order valence-electron chi connectivity index (χ1n) is 7.37. The summed E-state index contributed by atoms with van der Waals surface area (Å²) in [5, 5.41) is 19.1. The molecule has 8 heteroatoms. The Morgan fingerprint density at radius 2 is 1.08 bits per heavy atom. The molecule has 0 aromatic heterocycles. The van der Waals surface area contributed by atoms with Crippen LogP contribution in [0.4, 0.5) is 0 Å². The molecule has 0 amide bonds. The summed E-state index contributed by atoms with van der Waals surface area (Å²) in [6.45, 7) is 9.28. The van der Waals surface area contributed by atoms with Gasteiger partial charge in [0.25, 0.3) is 0 Å². The van der Waals surface area contributed by atoms with Crippen LogP contribution in [0.3, 0.4) is 0 Å². The molecule has 0 aromatic carbocycles. The Kier molecular flexibility index (Phi) is 7.26. The number of carbonyl (C=O) groups is 4. The Hall–Kier alpha value is -1.80. The van der Waals surface area contributed by atoms with E-state index in [4.69, 9.17) is 4.74 Å². The summed E-state index contributed by atoms with van der Waals surface area (Å²) in [6.07, 6.45) is -6.21. The molecule has 0 radical (unpaired) electrons. The third kappa shape index (κ3) is 5.68. The molecule has 8 nitrogen and oxygen atoms in total. The number of Topliss-reactive ketones (excluding diaryl/α,β-unsaturated/α-hetero) is 2. The zero-order chi connectivity index (χ0) is 19.5. The second-order valence-electron chi connectivity index (χ2n) is 7.46. The molecule has 138 valence electrons. The van der Waals surface area contributed by atoms with E-state index in [0.29, 0.717) is 0 Å². The number of hydrogen-bond donors (Lipinski definition) is 2. The zero-order valence-electron chi connectivity index (χ0n) is 15.1. The molecular weight excluding hydrogens is 320 g/mol. The van der Waals surface area contributed by atoms with Gasteiger partial charge in [0, 0.05) is 10.8 Å². The molecule has 0 bridgehead atoms. The summed E-state index contributed by atoms with van der Waals surface area (Å²) in [5.74, 6) is -4.03. The molecule has 2 N–H and O–H groups in total. The molecule has 0 spiro atoms. The second-order valence-corrected chi connectivity index (χ2v) is 7.46. The van der Waals surface area contributed by atoms with Gasteiger partial charge >= 0.3 is 11.9 Å². The van der Waals surface area contributed by atoms with Crippen molar-refractivity contribution in [1.29, 1.82) is 0 Å². The van der Waals surface area contributed by atoms with Gasteiger partial charge in [0.2, 0.25) is 6.10 Å². The van der Waals surface area contributed by atoms with Crippen LogP contribution < -0.4 is 0 Å². The van der Waals surface area contributed by atoms with Crippen LogP contribution in [0, 0.1) is 10.8 Å². The van der Waals surface area contributed by atoms with Crippen molar-refractivity contribution in [2.24, 2.45) is 10.8 Å². The number of rotatable bonds is 6. The van der Waals surface area contributed by atoms with E-state index in [1.54, 1.807) is 41.5 Å². The minimum absolute atomic E-state index is 0.657. The van der Waals surface area contributed by atoms with Crippen molar-refractivity contribution in [1.82, 2.24) is 0 Å². The molecule has 0 aliphatic carbocycles. The summed E-state index contributed by atoms with van der Waals surface area (Å²) in [6, 6.07) is 0. The first-order valence-corrected chi connectivity index (χ1v) is 7.37. The molecule has 0 fully saturated rings. The lowest BCUT2D eigenvalue weighted by Crippen LogP contribution is -2.49. The van der Waals surface area contributed by atoms with Gasteiger partial charge in [0.05, 0.1) is 7.11 Å². The van der Waals surface area contributed by atoms with Crippen LogP contribution in [0.5, 0.6) is 0 Å². The maximum Gasteiger partial charge on any atom is 0.339 e. The maximum absolute atomic E-state index is 12.4. The van der Waals surface area contributed by atoms with Gasteiger partial charge in [-0.25, -0.2) is 9.59 Å². The highest BCUT2D eigenvalue weighted by atomic mass is 16.6. The van der Waals surface area contributed by atoms with Crippen LogP contribution in [0.25, 0.3) is 0 Å². The third-order valence-corrected chi connectivity index (χ3v) is 3.17. The number of esters is 2. The van der Waals surface area contributed by atoms with Crippen molar-refractivity contribution >= 4 is 23.5 Å². The van der Waals surface area contributed by atoms with Crippen molar-refractivity contribution in [3.8, 4) is 0 Å². The molecule has 0 aliphatic rings. The van der Waals surface area contributed by atoms with Crippen molar-refractivity contribution in [2.75, 3.05) is 7.11 Å². The number of ether oxygens (including phenoxy) is 2. The number of methoxy groups -OCH3 is 1. The van der Waals surface area contributed by atoms with Gasteiger partial charge < -0.3 is 19.7 Å². The number of aliphatic hydroxyl groups excluding tert-OH is 2. The lowest BCUT2D eigenvalue weighted by atomic mass is 9.79. The first kappa shape index (κ1) is 22.2. The Morgan fingerprint density at radius 1 is 0.750 bits per heavy atom. The standard InChI is InChI=1S/C16H26O8/c1-15(2,3)11(19)10(12(20)16(4,5)6)24-14(22)9(18)8(17)13(21)23-7/h8-10,17-18H,1-7H3. The summed E-state index contributed by atoms with van der Waals surface area (Å²) >= 11 is 0. The minimum Gasteiger partial charge on any atom is -0.467 e. The van der Waals surface area contributed by atoms with Gasteiger partial charge in [-0.1, -0.05) is 41.5 Å². The number of aliphatic hydroxyl groups is 2. The molecule has 0 saturated heterocycles. The smallest absolute Gasteiger partial charge is 0.339 e. The van der Waals surface area contributed by atoms with Gasteiger partial charge in [0.1, 0.15) is 0 Å².